The first kappa shape index (κ1) is 10.8. The van der Waals surface area contributed by atoms with Crippen LogP contribution in [-0.2, 0) is 14.3 Å². The van der Waals surface area contributed by atoms with Crippen molar-refractivity contribution in [3.63, 3.8) is 0 Å². The van der Waals surface area contributed by atoms with Crippen LogP contribution in [0.4, 0.5) is 0 Å². The van der Waals surface area contributed by atoms with Gasteiger partial charge in [-0.05, 0) is 30.7 Å². The van der Waals surface area contributed by atoms with Gasteiger partial charge in [0.25, 0.3) is 0 Å². The molecule has 4 unspecified atom stereocenters. The maximum atomic E-state index is 11.8. The first-order chi connectivity index (χ1) is 7.36. The van der Waals surface area contributed by atoms with Crippen molar-refractivity contribution in [3.8, 4) is 0 Å². The number of hydrogen-bond donors (Lipinski definition) is 0. The fourth-order valence-electron chi connectivity index (χ4n) is 4.22. The Balaban J connectivity index is 2.08. The summed E-state index contributed by atoms with van der Waals surface area (Å²) in [6.45, 7) is 4.15. The summed E-state index contributed by atoms with van der Waals surface area (Å²) in [5, 5.41) is 0. The number of halogens is 1. The minimum atomic E-state index is -1.92. The van der Waals surface area contributed by atoms with E-state index in [0.717, 1.165) is 19.3 Å². The van der Waals surface area contributed by atoms with Crippen LogP contribution >= 0.6 is 11.1 Å². The third kappa shape index (κ3) is 1.10. The number of hydrogen-bond acceptors (Lipinski definition) is 3. The van der Waals surface area contributed by atoms with Gasteiger partial charge in [-0.25, -0.2) is 0 Å². The van der Waals surface area contributed by atoms with Crippen molar-refractivity contribution in [1.82, 2.24) is 0 Å². The van der Waals surface area contributed by atoms with Crippen molar-refractivity contribution in [3.05, 3.63) is 0 Å². The standard InChI is InChI=1S/C11H15ClO3Si/c1-16(2,12)8-6-3-4-11(5-6)7(8)9(13)15-10(11)14/h6-8H,3-5H2,1-2H3. The summed E-state index contributed by atoms with van der Waals surface area (Å²) >= 11 is 6.53. The molecule has 2 bridgehead atoms. The molecule has 1 saturated heterocycles. The number of ether oxygens (including phenoxy) is 1. The molecule has 0 radical (unpaired) electrons. The van der Waals surface area contributed by atoms with E-state index in [9.17, 15) is 9.59 Å². The van der Waals surface area contributed by atoms with E-state index in [1.807, 2.05) is 0 Å². The number of carbonyl (C=O) groups excluding carboxylic acids is 2. The Labute approximate surface area is 100 Å². The Morgan fingerprint density at radius 2 is 2.12 bits per heavy atom. The van der Waals surface area contributed by atoms with Crippen molar-refractivity contribution >= 4 is 30.4 Å². The van der Waals surface area contributed by atoms with Gasteiger partial charge in [-0.1, -0.05) is 13.1 Å². The van der Waals surface area contributed by atoms with Gasteiger partial charge < -0.3 is 4.74 Å². The largest absolute Gasteiger partial charge is 0.392 e. The number of carbonyl (C=O) groups is 2. The molecule has 5 heteroatoms. The van der Waals surface area contributed by atoms with Gasteiger partial charge in [-0.3, -0.25) is 9.59 Å². The van der Waals surface area contributed by atoms with Crippen LogP contribution in [0.15, 0.2) is 0 Å². The molecule has 88 valence electrons. The first-order valence-electron chi connectivity index (χ1n) is 5.81. The Morgan fingerprint density at radius 1 is 1.44 bits per heavy atom. The number of fused-ring (bicyclic) bond motifs is 1. The molecule has 0 aromatic heterocycles. The molecule has 2 aliphatic carbocycles. The lowest BCUT2D eigenvalue weighted by Gasteiger charge is -2.35. The van der Waals surface area contributed by atoms with Gasteiger partial charge in [0.05, 0.1) is 11.3 Å². The van der Waals surface area contributed by atoms with Crippen molar-refractivity contribution in [2.75, 3.05) is 0 Å². The molecule has 0 aromatic rings. The minimum Gasteiger partial charge on any atom is -0.392 e. The first-order valence-corrected chi connectivity index (χ1v) is 9.90. The Bertz CT molecular complexity index is 389. The van der Waals surface area contributed by atoms with E-state index >= 15 is 0 Å². The van der Waals surface area contributed by atoms with Crippen molar-refractivity contribution < 1.29 is 14.3 Å². The molecule has 1 aliphatic heterocycles. The lowest BCUT2D eigenvalue weighted by Crippen LogP contribution is -2.40. The van der Waals surface area contributed by atoms with Gasteiger partial charge in [0.15, 0.2) is 7.38 Å². The normalized spacial score (nSPS) is 46.1. The topological polar surface area (TPSA) is 43.4 Å². The van der Waals surface area contributed by atoms with E-state index in [2.05, 4.69) is 13.1 Å². The van der Waals surface area contributed by atoms with Crippen LogP contribution in [0.25, 0.3) is 0 Å². The van der Waals surface area contributed by atoms with E-state index in [1.54, 1.807) is 0 Å². The molecule has 3 aliphatic rings. The molecule has 2 saturated carbocycles. The molecule has 1 spiro atoms. The van der Waals surface area contributed by atoms with Crippen LogP contribution < -0.4 is 0 Å². The van der Waals surface area contributed by atoms with Gasteiger partial charge >= 0.3 is 11.9 Å². The lowest BCUT2D eigenvalue weighted by atomic mass is 9.76. The maximum Gasteiger partial charge on any atom is 0.320 e. The van der Waals surface area contributed by atoms with Crippen LogP contribution in [0.1, 0.15) is 19.3 Å². The highest BCUT2D eigenvalue weighted by Crippen LogP contribution is 2.69. The van der Waals surface area contributed by atoms with E-state index in [-0.39, 0.29) is 23.4 Å². The molecule has 4 atom stereocenters. The zero-order chi connectivity index (χ0) is 11.7. The molecule has 0 amide bonds. The smallest absolute Gasteiger partial charge is 0.320 e. The third-order valence-corrected chi connectivity index (χ3v) is 7.84. The van der Waals surface area contributed by atoms with Crippen molar-refractivity contribution in [1.29, 1.82) is 0 Å². The number of rotatable bonds is 1. The van der Waals surface area contributed by atoms with Crippen molar-refractivity contribution in [2.24, 2.45) is 17.3 Å². The highest BCUT2D eigenvalue weighted by molar-refractivity contribution is 7.20. The highest BCUT2D eigenvalue weighted by atomic mass is 35.6. The summed E-state index contributed by atoms with van der Waals surface area (Å²) in [5.74, 6) is -0.334. The highest BCUT2D eigenvalue weighted by Gasteiger charge is 2.71. The fraction of sp³-hybridized carbons (Fsp3) is 0.818. The molecule has 0 N–H and O–H groups in total. The van der Waals surface area contributed by atoms with E-state index < -0.39 is 12.8 Å². The average molecular weight is 259 g/mol. The molecular weight excluding hydrogens is 244 g/mol. The SMILES string of the molecule is C[Si](C)(Cl)C1C2CCC3(C2)C(=O)OC(=O)C13. The van der Waals surface area contributed by atoms with Crippen LogP contribution in [-0.4, -0.2) is 19.3 Å². The second kappa shape index (κ2) is 2.90. The predicted octanol–water partition coefficient (Wildman–Crippen LogP) is 2.30. The van der Waals surface area contributed by atoms with E-state index in [0.29, 0.717) is 5.92 Å². The minimum absolute atomic E-state index is 0.224. The fourth-order valence-corrected chi connectivity index (χ4v) is 7.78. The Morgan fingerprint density at radius 3 is 2.75 bits per heavy atom. The molecule has 3 fully saturated rings. The van der Waals surface area contributed by atoms with Crippen molar-refractivity contribution in [2.45, 2.75) is 37.9 Å². The molecule has 3 nitrogen and oxygen atoms in total. The third-order valence-electron chi connectivity index (χ3n) is 4.70. The molecule has 0 aromatic carbocycles. The number of esters is 2. The number of cyclic esters (lactones) is 2. The predicted molar refractivity (Wildman–Crippen MR) is 61.4 cm³/mol. The molecule has 3 rings (SSSR count). The lowest BCUT2D eigenvalue weighted by molar-refractivity contribution is -0.155. The quantitative estimate of drug-likeness (QED) is 0.314. The van der Waals surface area contributed by atoms with Gasteiger partial charge in [0.2, 0.25) is 0 Å². The zero-order valence-corrected chi connectivity index (χ0v) is 11.2. The van der Waals surface area contributed by atoms with E-state index in [4.69, 9.17) is 15.8 Å². The summed E-state index contributed by atoms with van der Waals surface area (Å²) < 4.78 is 4.86. The second-order valence-corrected chi connectivity index (χ2v) is 12.7. The van der Waals surface area contributed by atoms with Gasteiger partial charge in [-0.2, -0.15) is 11.1 Å². The summed E-state index contributed by atoms with van der Waals surface area (Å²) in [5.41, 5.74) is -0.257. The zero-order valence-electron chi connectivity index (χ0n) is 9.46. The Hall–Kier alpha value is -0.353. The molecule has 16 heavy (non-hydrogen) atoms. The summed E-state index contributed by atoms with van der Waals surface area (Å²) in [6.07, 6.45) is 2.69. The van der Waals surface area contributed by atoms with E-state index in [1.165, 1.54) is 0 Å². The summed E-state index contributed by atoms with van der Waals surface area (Å²) in [4.78, 5) is 23.7. The second-order valence-electron chi connectivity index (χ2n) is 5.94. The average Bonchev–Trinajstić information content (AvgIpc) is 2.76. The molecular formula is C11H15ClO3Si. The summed E-state index contributed by atoms with van der Waals surface area (Å²) in [6, 6.07) is 0. The van der Waals surface area contributed by atoms with Crippen LogP contribution in [0.2, 0.25) is 18.6 Å². The maximum absolute atomic E-state index is 11.8. The van der Waals surface area contributed by atoms with Gasteiger partial charge in [-0.15, -0.1) is 0 Å². The summed E-state index contributed by atoms with van der Waals surface area (Å²) in [7, 11) is -1.92. The van der Waals surface area contributed by atoms with Gasteiger partial charge in [0.1, 0.15) is 0 Å². The Kier molecular flexibility index (Phi) is 1.96. The van der Waals surface area contributed by atoms with Crippen LogP contribution in [0, 0.1) is 17.3 Å². The monoisotopic (exact) mass is 258 g/mol. The van der Waals surface area contributed by atoms with Gasteiger partial charge in [0, 0.05) is 0 Å². The van der Waals surface area contributed by atoms with Crippen LogP contribution in [0.3, 0.4) is 0 Å². The molecule has 1 heterocycles. The van der Waals surface area contributed by atoms with Crippen LogP contribution in [0.5, 0.6) is 0 Å².